The number of benzene rings is 1. The Morgan fingerprint density at radius 2 is 2.13 bits per heavy atom. The Morgan fingerprint density at radius 3 is 2.80 bits per heavy atom. The molecule has 0 unspecified atom stereocenters. The summed E-state index contributed by atoms with van der Waals surface area (Å²) in [4.78, 5) is 12.0. The molecule has 0 fully saturated rings. The molecule has 1 aromatic carbocycles. The fourth-order valence-corrected chi connectivity index (χ4v) is 1.68. The minimum absolute atomic E-state index is 0.00722. The average molecular weight is 202 g/mol. The van der Waals surface area contributed by atoms with Crippen LogP contribution in [0.3, 0.4) is 0 Å². The second-order valence-electron chi connectivity index (χ2n) is 3.70. The van der Waals surface area contributed by atoms with E-state index in [4.69, 9.17) is 4.74 Å². The molecule has 0 N–H and O–H groups in total. The Kier molecular flexibility index (Phi) is 2.86. The fourth-order valence-electron chi connectivity index (χ4n) is 1.68. The van der Waals surface area contributed by atoms with E-state index in [1.807, 2.05) is 37.3 Å². The zero-order valence-electron chi connectivity index (χ0n) is 8.82. The molecule has 2 rings (SSSR count). The first kappa shape index (κ1) is 9.97. The zero-order chi connectivity index (χ0) is 10.7. The summed E-state index contributed by atoms with van der Waals surface area (Å²) < 4.78 is 5.36. The molecule has 0 aliphatic carbocycles. The number of ketones is 1. The number of Topliss-reactive ketones (excluding diaryl/α,β-unsaturated/α-hetero) is 1. The van der Waals surface area contributed by atoms with Crippen LogP contribution in [0.15, 0.2) is 36.1 Å². The van der Waals surface area contributed by atoms with Crippen molar-refractivity contribution in [1.82, 2.24) is 0 Å². The molecule has 0 radical (unpaired) electrons. The lowest BCUT2D eigenvalue weighted by molar-refractivity contribution is 0.0898. The van der Waals surface area contributed by atoms with Crippen LogP contribution in [0.25, 0.3) is 0 Å². The van der Waals surface area contributed by atoms with Gasteiger partial charge in [-0.3, -0.25) is 4.79 Å². The number of hydrogen-bond donors (Lipinski definition) is 0. The van der Waals surface area contributed by atoms with Gasteiger partial charge in [-0.15, -0.1) is 0 Å². The molecule has 1 heterocycles. The summed E-state index contributed by atoms with van der Waals surface area (Å²) in [6, 6.07) is 7.60. The van der Waals surface area contributed by atoms with Gasteiger partial charge in [0.05, 0.1) is 6.61 Å². The number of carbonyl (C=O) groups is 1. The number of rotatable bonds is 2. The van der Waals surface area contributed by atoms with Crippen LogP contribution in [0, 0.1) is 6.92 Å². The lowest BCUT2D eigenvalue weighted by Gasteiger charge is -2.14. The normalized spacial score (nSPS) is 15.4. The predicted octanol–water partition coefficient (Wildman–Crippen LogP) is 2.87. The molecule has 0 spiro atoms. The van der Waals surface area contributed by atoms with E-state index in [1.54, 1.807) is 0 Å². The third-order valence-electron chi connectivity index (χ3n) is 2.55. The minimum atomic E-state index is 0.00722. The summed E-state index contributed by atoms with van der Waals surface area (Å²) in [5.41, 5.74) is 1.74. The largest absolute Gasteiger partial charge is 0.490 e. The van der Waals surface area contributed by atoms with Gasteiger partial charge in [0.15, 0.2) is 5.76 Å². The molecule has 1 aromatic rings. The lowest BCUT2D eigenvalue weighted by atomic mass is 10.0. The van der Waals surface area contributed by atoms with Crippen LogP contribution in [-0.4, -0.2) is 12.4 Å². The van der Waals surface area contributed by atoms with Gasteiger partial charge in [0.25, 0.3) is 0 Å². The highest BCUT2D eigenvalue weighted by molar-refractivity contribution is 6.08. The Hall–Kier alpha value is -1.57. The molecule has 78 valence electrons. The molecule has 0 amide bonds. The summed E-state index contributed by atoms with van der Waals surface area (Å²) >= 11 is 0. The van der Waals surface area contributed by atoms with Crippen LogP contribution in [-0.2, 0) is 4.74 Å². The molecular formula is C13H14O2. The second kappa shape index (κ2) is 4.30. The van der Waals surface area contributed by atoms with Crippen LogP contribution in [0.5, 0.6) is 0 Å². The van der Waals surface area contributed by atoms with E-state index in [2.05, 4.69) is 0 Å². The van der Waals surface area contributed by atoms with Crippen LogP contribution >= 0.6 is 0 Å². The standard InChI is InChI=1S/C13H14O2/c1-10-6-2-3-7-11(10)13(14)12-8-4-5-9-15-12/h2-3,6-8H,4-5,9H2,1H3. The van der Waals surface area contributed by atoms with Gasteiger partial charge in [0.2, 0.25) is 5.78 Å². The van der Waals surface area contributed by atoms with Crippen LogP contribution in [0.1, 0.15) is 28.8 Å². The van der Waals surface area contributed by atoms with Crippen LogP contribution < -0.4 is 0 Å². The SMILES string of the molecule is Cc1ccccc1C(=O)C1=CCCCO1. The number of carbonyl (C=O) groups excluding carboxylic acids is 1. The van der Waals surface area contributed by atoms with Gasteiger partial charge in [-0.1, -0.05) is 24.3 Å². The molecule has 1 aliphatic rings. The first-order valence-electron chi connectivity index (χ1n) is 5.22. The van der Waals surface area contributed by atoms with Crippen LogP contribution in [0.2, 0.25) is 0 Å². The highest BCUT2D eigenvalue weighted by Gasteiger charge is 2.17. The first-order valence-corrected chi connectivity index (χ1v) is 5.22. The smallest absolute Gasteiger partial charge is 0.227 e. The molecule has 1 aliphatic heterocycles. The maximum Gasteiger partial charge on any atom is 0.227 e. The van der Waals surface area contributed by atoms with Gasteiger partial charge in [0.1, 0.15) is 0 Å². The first-order chi connectivity index (χ1) is 7.29. The molecule has 0 saturated carbocycles. The maximum atomic E-state index is 12.0. The van der Waals surface area contributed by atoms with Gasteiger partial charge in [-0.25, -0.2) is 0 Å². The predicted molar refractivity (Wildman–Crippen MR) is 58.8 cm³/mol. The van der Waals surface area contributed by atoms with Crippen molar-refractivity contribution in [3.05, 3.63) is 47.2 Å². The van der Waals surface area contributed by atoms with Crippen LogP contribution in [0.4, 0.5) is 0 Å². The zero-order valence-corrected chi connectivity index (χ0v) is 8.82. The molecule has 0 saturated heterocycles. The highest BCUT2D eigenvalue weighted by Crippen LogP contribution is 2.17. The average Bonchev–Trinajstić information content (AvgIpc) is 2.30. The van der Waals surface area contributed by atoms with Crippen molar-refractivity contribution in [2.45, 2.75) is 19.8 Å². The van der Waals surface area contributed by atoms with Crippen molar-refractivity contribution in [3.63, 3.8) is 0 Å². The number of ether oxygens (including phenoxy) is 1. The third kappa shape index (κ3) is 2.09. The lowest BCUT2D eigenvalue weighted by Crippen LogP contribution is -2.12. The molecule has 0 aromatic heterocycles. The van der Waals surface area contributed by atoms with E-state index < -0.39 is 0 Å². The summed E-state index contributed by atoms with van der Waals surface area (Å²) in [7, 11) is 0. The number of hydrogen-bond acceptors (Lipinski definition) is 2. The van der Waals surface area contributed by atoms with Crippen molar-refractivity contribution in [3.8, 4) is 0 Å². The minimum Gasteiger partial charge on any atom is -0.490 e. The summed E-state index contributed by atoms with van der Waals surface area (Å²) in [5.74, 6) is 0.517. The Labute approximate surface area is 89.6 Å². The summed E-state index contributed by atoms with van der Waals surface area (Å²) in [6.07, 6.45) is 3.83. The van der Waals surface area contributed by atoms with E-state index in [0.29, 0.717) is 12.4 Å². The summed E-state index contributed by atoms with van der Waals surface area (Å²) in [6.45, 7) is 2.60. The molecular weight excluding hydrogens is 188 g/mol. The monoisotopic (exact) mass is 202 g/mol. The van der Waals surface area contributed by atoms with Gasteiger partial charge in [-0.05, 0) is 31.4 Å². The Bertz CT molecular complexity index is 405. The third-order valence-corrected chi connectivity index (χ3v) is 2.55. The van der Waals surface area contributed by atoms with Crippen molar-refractivity contribution in [2.24, 2.45) is 0 Å². The molecule has 15 heavy (non-hydrogen) atoms. The molecule has 2 nitrogen and oxygen atoms in total. The van der Waals surface area contributed by atoms with E-state index in [9.17, 15) is 4.79 Å². The van der Waals surface area contributed by atoms with E-state index in [0.717, 1.165) is 24.0 Å². The fraction of sp³-hybridized carbons (Fsp3) is 0.308. The van der Waals surface area contributed by atoms with E-state index >= 15 is 0 Å². The molecule has 2 heteroatoms. The Morgan fingerprint density at radius 1 is 1.33 bits per heavy atom. The van der Waals surface area contributed by atoms with E-state index in [-0.39, 0.29) is 5.78 Å². The number of aryl methyl sites for hydroxylation is 1. The van der Waals surface area contributed by atoms with Crippen molar-refractivity contribution >= 4 is 5.78 Å². The molecule has 0 atom stereocenters. The van der Waals surface area contributed by atoms with Crippen molar-refractivity contribution < 1.29 is 9.53 Å². The van der Waals surface area contributed by atoms with Crippen molar-refractivity contribution in [1.29, 1.82) is 0 Å². The summed E-state index contributed by atoms with van der Waals surface area (Å²) in [5, 5.41) is 0. The molecule has 0 bridgehead atoms. The number of allylic oxidation sites excluding steroid dienone is 2. The topological polar surface area (TPSA) is 26.3 Å². The van der Waals surface area contributed by atoms with Gasteiger partial charge < -0.3 is 4.74 Å². The highest BCUT2D eigenvalue weighted by atomic mass is 16.5. The quantitative estimate of drug-likeness (QED) is 0.689. The van der Waals surface area contributed by atoms with Gasteiger partial charge >= 0.3 is 0 Å². The Balaban J connectivity index is 2.28. The maximum absolute atomic E-state index is 12.0. The second-order valence-corrected chi connectivity index (χ2v) is 3.70. The van der Waals surface area contributed by atoms with E-state index in [1.165, 1.54) is 0 Å². The van der Waals surface area contributed by atoms with Crippen molar-refractivity contribution in [2.75, 3.05) is 6.61 Å². The van der Waals surface area contributed by atoms with Gasteiger partial charge in [0, 0.05) is 5.56 Å². The van der Waals surface area contributed by atoms with Gasteiger partial charge in [-0.2, -0.15) is 0 Å².